The largest absolute Gasteiger partial charge is 0.415 e. The normalized spacial score (nSPS) is 15.3. The fraction of sp³-hybridized carbons (Fsp3) is 0.111. The lowest BCUT2D eigenvalue weighted by Crippen LogP contribution is -2.21. The van der Waals surface area contributed by atoms with Crippen molar-refractivity contribution in [1.82, 2.24) is 0 Å². The summed E-state index contributed by atoms with van der Waals surface area (Å²) in [7, 11) is 0. The van der Waals surface area contributed by atoms with Gasteiger partial charge in [0.2, 0.25) is 0 Å². The molecule has 0 spiro atoms. The van der Waals surface area contributed by atoms with Gasteiger partial charge in [-0.15, -0.1) is 0 Å². The molecule has 0 bridgehead atoms. The number of rotatable bonds is 0. The van der Waals surface area contributed by atoms with Gasteiger partial charge in [0.25, 0.3) is 0 Å². The van der Waals surface area contributed by atoms with Crippen LogP contribution in [0.4, 0.5) is 0 Å². The molecule has 60 valence electrons. The lowest BCUT2D eigenvalue weighted by Gasteiger charge is -2.14. The first kappa shape index (κ1) is 7.43. The summed E-state index contributed by atoms with van der Waals surface area (Å²) in [6, 6.07) is 7.34. The Morgan fingerprint density at radius 1 is 1.33 bits per heavy atom. The maximum absolute atomic E-state index is 11.2. The Hall–Kier alpha value is -1.22. The summed E-state index contributed by atoms with van der Waals surface area (Å²) in [5.74, 6) is -0.332. The Balaban J connectivity index is 2.54. The molecule has 0 unspecified atom stereocenters. The van der Waals surface area contributed by atoms with Crippen LogP contribution >= 0.6 is 12.2 Å². The molecular weight excluding hydrogens is 172 g/mol. The molecule has 1 heterocycles. The van der Waals surface area contributed by atoms with Crippen LogP contribution in [0.25, 0.3) is 0 Å². The van der Waals surface area contributed by atoms with Crippen LogP contribution in [-0.4, -0.2) is 11.0 Å². The Kier molecular flexibility index (Phi) is 1.66. The van der Waals surface area contributed by atoms with Gasteiger partial charge >= 0.3 is 5.97 Å². The molecule has 2 rings (SSSR count). The number of esters is 1. The highest BCUT2D eigenvalue weighted by Gasteiger charge is 2.20. The predicted molar refractivity (Wildman–Crippen MR) is 48.2 cm³/mol. The highest BCUT2D eigenvalue weighted by Crippen LogP contribution is 2.17. The van der Waals surface area contributed by atoms with Crippen LogP contribution in [0.15, 0.2) is 24.3 Å². The molecule has 1 aliphatic rings. The SMILES string of the molecule is O=C1OC(=S)Cc2ccccc21. The van der Waals surface area contributed by atoms with E-state index in [1.807, 2.05) is 18.2 Å². The predicted octanol–water partition coefficient (Wildman–Crippen LogP) is 1.73. The monoisotopic (exact) mass is 178 g/mol. The Labute approximate surface area is 75.2 Å². The van der Waals surface area contributed by atoms with E-state index >= 15 is 0 Å². The number of hydrogen-bond donors (Lipinski definition) is 0. The molecule has 3 heteroatoms. The summed E-state index contributed by atoms with van der Waals surface area (Å²) in [5.41, 5.74) is 1.59. The van der Waals surface area contributed by atoms with Crippen molar-refractivity contribution in [2.75, 3.05) is 0 Å². The molecule has 1 aromatic carbocycles. The van der Waals surface area contributed by atoms with Gasteiger partial charge in [-0.25, -0.2) is 4.79 Å². The smallest absolute Gasteiger partial charge is 0.344 e. The number of carbonyl (C=O) groups is 1. The molecule has 0 amide bonds. The van der Waals surface area contributed by atoms with Gasteiger partial charge in [-0.05, 0) is 23.8 Å². The topological polar surface area (TPSA) is 26.3 Å². The zero-order chi connectivity index (χ0) is 8.55. The standard InChI is InChI=1S/C9H6O2S/c10-9-7-4-2-1-3-6(7)5-8(12)11-9/h1-4H,5H2. The fourth-order valence-electron chi connectivity index (χ4n) is 1.22. The van der Waals surface area contributed by atoms with Gasteiger partial charge < -0.3 is 4.74 Å². The molecular formula is C9H6O2S. The van der Waals surface area contributed by atoms with E-state index in [-0.39, 0.29) is 5.97 Å². The zero-order valence-electron chi connectivity index (χ0n) is 6.24. The number of fused-ring (bicyclic) bond motifs is 1. The molecule has 0 fully saturated rings. The van der Waals surface area contributed by atoms with Crippen molar-refractivity contribution >= 4 is 23.2 Å². The van der Waals surface area contributed by atoms with Gasteiger partial charge in [0.05, 0.1) is 5.56 Å². The van der Waals surface area contributed by atoms with E-state index in [0.29, 0.717) is 17.0 Å². The number of carbonyl (C=O) groups excluding carboxylic acids is 1. The number of thiocarbonyl (C=S) groups is 1. The molecule has 12 heavy (non-hydrogen) atoms. The molecule has 0 aliphatic carbocycles. The van der Waals surface area contributed by atoms with Crippen LogP contribution < -0.4 is 0 Å². The van der Waals surface area contributed by atoms with Crippen molar-refractivity contribution in [3.05, 3.63) is 35.4 Å². The number of hydrogen-bond acceptors (Lipinski definition) is 3. The quantitative estimate of drug-likeness (QED) is 0.447. The molecule has 0 saturated heterocycles. The fourth-order valence-corrected chi connectivity index (χ4v) is 1.45. The van der Waals surface area contributed by atoms with Crippen molar-refractivity contribution in [3.63, 3.8) is 0 Å². The van der Waals surface area contributed by atoms with Crippen LogP contribution in [-0.2, 0) is 11.2 Å². The third kappa shape index (κ3) is 1.12. The van der Waals surface area contributed by atoms with Crippen LogP contribution in [0.3, 0.4) is 0 Å². The van der Waals surface area contributed by atoms with Gasteiger partial charge in [0.15, 0.2) is 5.05 Å². The molecule has 0 aromatic heterocycles. The van der Waals surface area contributed by atoms with Gasteiger partial charge in [-0.1, -0.05) is 18.2 Å². The third-order valence-electron chi connectivity index (χ3n) is 1.78. The minimum absolute atomic E-state index is 0.332. The van der Waals surface area contributed by atoms with E-state index in [4.69, 9.17) is 17.0 Å². The second-order valence-electron chi connectivity index (χ2n) is 2.60. The highest BCUT2D eigenvalue weighted by atomic mass is 32.1. The van der Waals surface area contributed by atoms with Crippen LogP contribution in [0.1, 0.15) is 15.9 Å². The van der Waals surface area contributed by atoms with Gasteiger partial charge in [-0.3, -0.25) is 0 Å². The third-order valence-corrected chi connectivity index (χ3v) is 2.01. The second-order valence-corrected chi connectivity index (χ2v) is 3.05. The van der Waals surface area contributed by atoms with E-state index in [2.05, 4.69) is 0 Å². The number of cyclic esters (lactones) is 1. The van der Waals surface area contributed by atoms with Crippen molar-refractivity contribution < 1.29 is 9.53 Å². The molecule has 1 aliphatic heterocycles. The first-order chi connectivity index (χ1) is 5.77. The first-order valence-corrected chi connectivity index (χ1v) is 4.01. The van der Waals surface area contributed by atoms with Gasteiger partial charge in [0.1, 0.15) is 0 Å². The molecule has 0 radical (unpaired) electrons. The van der Waals surface area contributed by atoms with E-state index in [1.165, 1.54) is 0 Å². The van der Waals surface area contributed by atoms with E-state index < -0.39 is 0 Å². The van der Waals surface area contributed by atoms with Crippen molar-refractivity contribution in [3.8, 4) is 0 Å². The zero-order valence-corrected chi connectivity index (χ0v) is 7.06. The molecule has 1 aromatic rings. The molecule has 0 saturated carbocycles. The molecule has 0 N–H and O–H groups in total. The first-order valence-electron chi connectivity index (χ1n) is 3.60. The number of ether oxygens (including phenoxy) is 1. The summed E-state index contributed by atoms with van der Waals surface area (Å²) < 4.78 is 4.81. The van der Waals surface area contributed by atoms with Crippen molar-refractivity contribution in [2.45, 2.75) is 6.42 Å². The average molecular weight is 178 g/mol. The summed E-state index contributed by atoms with van der Waals surface area (Å²) >= 11 is 4.82. The van der Waals surface area contributed by atoms with E-state index in [1.54, 1.807) is 6.07 Å². The molecule has 2 nitrogen and oxygen atoms in total. The molecule has 0 atom stereocenters. The highest BCUT2D eigenvalue weighted by molar-refractivity contribution is 7.80. The summed E-state index contributed by atoms with van der Waals surface area (Å²) in [6.45, 7) is 0. The van der Waals surface area contributed by atoms with Crippen LogP contribution in [0.2, 0.25) is 0 Å². The Morgan fingerprint density at radius 3 is 2.92 bits per heavy atom. The maximum atomic E-state index is 11.2. The van der Waals surface area contributed by atoms with Gasteiger partial charge in [0, 0.05) is 6.42 Å². The summed E-state index contributed by atoms with van der Waals surface area (Å²) in [4.78, 5) is 11.2. The Bertz CT molecular complexity index is 357. The van der Waals surface area contributed by atoms with Gasteiger partial charge in [-0.2, -0.15) is 0 Å². The minimum Gasteiger partial charge on any atom is -0.415 e. The maximum Gasteiger partial charge on any atom is 0.344 e. The van der Waals surface area contributed by atoms with E-state index in [9.17, 15) is 4.79 Å². The average Bonchev–Trinajstić information content (AvgIpc) is 2.04. The lowest BCUT2D eigenvalue weighted by molar-refractivity contribution is 0.0709. The van der Waals surface area contributed by atoms with Crippen LogP contribution in [0.5, 0.6) is 0 Å². The minimum atomic E-state index is -0.332. The second kappa shape index (κ2) is 2.68. The van der Waals surface area contributed by atoms with Crippen molar-refractivity contribution in [2.24, 2.45) is 0 Å². The lowest BCUT2D eigenvalue weighted by atomic mass is 10.0. The Morgan fingerprint density at radius 2 is 2.08 bits per heavy atom. The number of benzene rings is 1. The van der Waals surface area contributed by atoms with Crippen LogP contribution in [0, 0.1) is 0 Å². The summed E-state index contributed by atoms with van der Waals surface area (Å²) in [5, 5.41) is 0.360. The summed E-state index contributed by atoms with van der Waals surface area (Å²) in [6.07, 6.45) is 0.567. The van der Waals surface area contributed by atoms with E-state index in [0.717, 1.165) is 5.56 Å². The van der Waals surface area contributed by atoms with Crippen molar-refractivity contribution in [1.29, 1.82) is 0 Å².